The molecule has 3 nitrogen and oxygen atoms in total. The van der Waals surface area contributed by atoms with Crippen LogP contribution in [0.25, 0.3) is 0 Å². The number of carbonyl (C=O) groups is 1. The van der Waals surface area contributed by atoms with E-state index in [-0.39, 0.29) is 5.78 Å². The fourth-order valence-electron chi connectivity index (χ4n) is 0.317. The van der Waals surface area contributed by atoms with Gasteiger partial charge in [-0.25, -0.2) is 0 Å². The smallest absolute Gasteiger partial charge is 0.218 e. The van der Waals surface area contributed by atoms with Crippen LogP contribution in [-0.4, -0.2) is 24.1 Å². The maximum atomic E-state index is 10.1. The van der Waals surface area contributed by atoms with E-state index >= 15 is 0 Å². The van der Waals surface area contributed by atoms with Gasteiger partial charge in [0.1, 0.15) is 0 Å². The molecule has 0 aromatic carbocycles. The molecule has 0 saturated carbocycles. The van der Waals surface area contributed by atoms with E-state index in [0.29, 0.717) is 0 Å². The third-order valence-corrected chi connectivity index (χ3v) is 0.565. The molecular formula is C4H3N2O. The topological polar surface area (TPSA) is 32.7 Å². The maximum Gasteiger partial charge on any atom is 0.218 e. The van der Waals surface area contributed by atoms with E-state index in [9.17, 15) is 4.79 Å². The fraction of sp³-hybridized carbons (Fsp3) is 0.250. The lowest BCUT2D eigenvalue weighted by atomic mass is 10.5. The first-order chi connectivity index (χ1) is 3.29. The van der Waals surface area contributed by atoms with Crippen LogP contribution in [-0.2, 0) is 4.79 Å². The van der Waals surface area contributed by atoms with Crippen molar-refractivity contribution in [1.29, 1.82) is 0 Å². The fourth-order valence-corrected chi connectivity index (χ4v) is 0.317. The summed E-state index contributed by atoms with van der Waals surface area (Å²) < 4.78 is 0. The molecule has 1 aliphatic heterocycles. The maximum absolute atomic E-state index is 10.1. The second-order valence-electron chi connectivity index (χ2n) is 1.18. The Labute approximate surface area is 41.6 Å². The number of hydrogen-bond acceptors (Lipinski definition) is 3. The summed E-state index contributed by atoms with van der Waals surface area (Å²) in [5.41, 5.74) is 0. The lowest BCUT2D eigenvalue weighted by molar-refractivity contribution is -0.110. The monoisotopic (exact) mass is 95.0 g/mol. The van der Waals surface area contributed by atoms with Crippen LogP contribution in [0.3, 0.4) is 0 Å². The highest BCUT2D eigenvalue weighted by Gasteiger charge is 2.10. The zero-order chi connectivity index (χ0) is 5.28. The quantitative estimate of drug-likeness (QED) is 0.402. The number of Topliss-reactive ketones (excluding diaryl/α,β-unsaturated/α-hetero) is 1. The van der Waals surface area contributed by atoms with Crippen LogP contribution in [0.4, 0.5) is 0 Å². The SMILES string of the molecule is CN1[C]C(=O)[C]=N1. The summed E-state index contributed by atoms with van der Waals surface area (Å²) >= 11 is 0. The third kappa shape index (κ3) is 0.765. The predicted molar refractivity (Wildman–Crippen MR) is 23.4 cm³/mol. The van der Waals surface area contributed by atoms with Crippen molar-refractivity contribution in [1.82, 2.24) is 5.01 Å². The number of ketones is 1. The molecular weight excluding hydrogens is 92.1 g/mol. The summed E-state index contributed by atoms with van der Waals surface area (Å²) in [7, 11) is 1.62. The Morgan fingerprint density at radius 2 is 2.57 bits per heavy atom. The van der Waals surface area contributed by atoms with E-state index in [1.54, 1.807) is 7.05 Å². The second-order valence-corrected chi connectivity index (χ2v) is 1.18. The average Bonchev–Trinajstić information content (AvgIpc) is 1.87. The molecule has 0 spiro atoms. The Bertz CT molecular complexity index is 119. The number of nitrogens with zero attached hydrogens (tertiary/aromatic N) is 2. The molecule has 0 atom stereocenters. The molecule has 0 fully saturated rings. The van der Waals surface area contributed by atoms with Crippen molar-refractivity contribution in [2.24, 2.45) is 5.10 Å². The first kappa shape index (κ1) is 4.30. The van der Waals surface area contributed by atoms with Crippen LogP contribution in [0.1, 0.15) is 0 Å². The van der Waals surface area contributed by atoms with Gasteiger partial charge >= 0.3 is 0 Å². The molecule has 0 aliphatic carbocycles. The van der Waals surface area contributed by atoms with Gasteiger partial charge in [-0.2, -0.15) is 5.10 Å². The third-order valence-electron chi connectivity index (χ3n) is 0.565. The largest absolute Gasteiger partial charge is 0.289 e. The van der Waals surface area contributed by atoms with Crippen molar-refractivity contribution in [2.45, 2.75) is 0 Å². The van der Waals surface area contributed by atoms with Gasteiger partial charge in [0.2, 0.25) is 5.78 Å². The molecule has 1 heterocycles. The molecule has 3 heteroatoms. The van der Waals surface area contributed by atoms with Crippen LogP contribution >= 0.6 is 0 Å². The van der Waals surface area contributed by atoms with Crippen molar-refractivity contribution in [2.75, 3.05) is 7.05 Å². The zero-order valence-electron chi connectivity index (χ0n) is 3.80. The number of hydrogen-bond donors (Lipinski definition) is 0. The normalized spacial score (nSPS) is 19.0. The van der Waals surface area contributed by atoms with Crippen LogP contribution in [0, 0.1) is 6.54 Å². The number of hydrazone groups is 1. The minimum atomic E-state index is -0.289. The summed E-state index contributed by atoms with van der Waals surface area (Å²) in [6.45, 7) is 2.33. The summed E-state index contributed by atoms with van der Waals surface area (Å²) in [6, 6.07) is 0. The highest BCUT2D eigenvalue weighted by atomic mass is 16.1. The summed E-state index contributed by atoms with van der Waals surface area (Å²) in [4.78, 5) is 10.1. The van der Waals surface area contributed by atoms with Crippen LogP contribution in [0.15, 0.2) is 5.10 Å². The van der Waals surface area contributed by atoms with Gasteiger partial charge in [-0.3, -0.25) is 9.80 Å². The molecule has 0 bridgehead atoms. The molecule has 35 valence electrons. The Kier molecular flexibility index (Phi) is 0.817. The van der Waals surface area contributed by atoms with Crippen molar-refractivity contribution in [3.63, 3.8) is 0 Å². The summed E-state index contributed by atoms with van der Waals surface area (Å²) in [5, 5.41) is 4.73. The summed E-state index contributed by atoms with van der Waals surface area (Å²) in [6.07, 6.45) is 2.17. The molecule has 0 amide bonds. The Balaban J connectivity index is 2.58. The number of likely N-dealkylation sites (N-methyl/N-ethyl adjacent to an activating group) is 1. The zero-order valence-corrected chi connectivity index (χ0v) is 3.80. The van der Waals surface area contributed by atoms with Gasteiger partial charge in [0.05, 0.1) is 0 Å². The average molecular weight is 95.1 g/mol. The molecule has 0 saturated heterocycles. The van der Waals surface area contributed by atoms with Crippen LogP contribution < -0.4 is 0 Å². The highest BCUT2D eigenvalue weighted by molar-refractivity contribution is 6.32. The Morgan fingerprint density at radius 3 is 2.71 bits per heavy atom. The Hall–Kier alpha value is -0.860. The van der Waals surface area contributed by atoms with Gasteiger partial charge in [-0.1, -0.05) is 0 Å². The van der Waals surface area contributed by atoms with E-state index in [2.05, 4.69) is 17.9 Å². The van der Waals surface area contributed by atoms with Crippen molar-refractivity contribution >= 4 is 12.0 Å². The van der Waals surface area contributed by atoms with E-state index in [1.165, 1.54) is 5.01 Å². The molecule has 1 aliphatic rings. The molecule has 0 N–H and O–H groups in total. The number of rotatable bonds is 0. The van der Waals surface area contributed by atoms with Gasteiger partial charge in [-0.15, -0.1) is 0 Å². The summed E-state index contributed by atoms with van der Waals surface area (Å²) in [5.74, 6) is -0.289. The lowest BCUT2D eigenvalue weighted by Crippen LogP contribution is -2.04. The minimum absolute atomic E-state index is 0.289. The molecule has 7 heavy (non-hydrogen) atoms. The van der Waals surface area contributed by atoms with E-state index in [0.717, 1.165) is 0 Å². The van der Waals surface area contributed by atoms with Gasteiger partial charge in [0.25, 0.3) is 0 Å². The first-order valence-corrected chi connectivity index (χ1v) is 1.80. The molecule has 1 rings (SSSR count). The van der Waals surface area contributed by atoms with Crippen molar-refractivity contribution in [3.8, 4) is 0 Å². The van der Waals surface area contributed by atoms with Crippen molar-refractivity contribution < 1.29 is 4.79 Å². The standard InChI is InChI=1S/C4H3N2O/c1-6-3-4(7)2-5-6/h1H3. The second kappa shape index (κ2) is 1.33. The molecule has 0 aromatic heterocycles. The predicted octanol–water partition coefficient (Wildman–Crippen LogP) is -0.598. The van der Waals surface area contributed by atoms with Crippen molar-refractivity contribution in [3.05, 3.63) is 6.54 Å². The number of carbonyl (C=O) groups excluding carboxylic acids is 1. The van der Waals surface area contributed by atoms with Gasteiger partial charge in [0, 0.05) is 7.05 Å². The highest BCUT2D eigenvalue weighted by Crippen LogP contribution is 1.94. The van der Waals surface area contributed by atoms with Gasteiger partial charge < -0.3 is 0 Å². The van der Waals surface area contributed by atoms with E-state index in [4.69, 9.17) is 0 Å². The van der Waals surface area contributed by atoms with E-state index in [1.807, 2.05) is 0 Å². The van der Waals surface area contributed by atoms with Crippen LogP contribution in [0.2, 0.25) is 0 Å². The van der Waals surface area contributed by atoms with E-state index < -0.39 is 0 Å². The Morgan fingerprint density at radius 1 is 1.86 bits per heavy atom. The van der Waals surface area contributed by atoms with Crippen LogP contribution in [0.5, 0.6) is 0 Å². The lowest BCUT2D eigenvalue weighted by Gasteiger charge is -1.96. The minimum Gasteiger partial charge on any atom is -0.289 e. The molecule has 0 unspecified atom stereocenters. The van der Waals surface area contributed by atoms with Gasteiger partial charge in [0.15, 0.2) is 12.8 Å². The molecule has 3 radical (unpaired) electrons. The first-order valence-electron chi connectivity index (χ1n) is 1.80. The molecule has 0 aromatic rings. The van der Waals surface area contributed by atoms with Gasteiger partial charge in [-0.05, 0) is 0 Å².